The van der Waals surface area contributed by atoms with Crippen LogP contribution in [-0.4, -0.2) is 98.6 Å². The summed E-state index contributed by atoms with van der Waals surface area (Å²) in [5, 5.41) is 13.7. The Morgan fingerprint density at radius 3 is 2.03 bits per heavy atom. The first-order valence-electron chi connectivity index (χ1n) is 21.3. The summed E-state index contributed by atoms with van der Waals surface area (Å²) in [7, 11) is 0. The second kappa shape index (κ2) is 20.5. The van der Waals surface area contributed by atoms with Crippen molar-refractivity contribution in [3.63, 3.8) is 0 Å². The number of thiazole rings is 1. The van der Waals surface area contributed by atoms with Crippen LogP contribution in [0.1, 0.15) is 89.1 Å². The third-order valence-corrected chi connectivity index (χ3v) is 10.7. The lowest BCUT2D eigenvalue weighted by molar-refractivity contribution is -0.179. The smallest absolute Gasteiger partial charge is 0.413 e. The van der Waals surface area contributed by atoms with E-state index in [9.17, 15) is 28.8 Å². The number of oxime groups is 1. The van der Waals surface area contributed by atoms with E-state index in [0.29, 0.717) is 11.5 Å². The van der Waals surface area contributed by atoms with E-state index in [0.717, 1.165) is 22.5 Å². The number of ether oxygens (including phenoxy) is 4. The Morgan fingerprint density at radius 1 is 0.833 bits per heavy atom. The van der Waals surface area contributed by atoms with E-state index in [-0.39, 0.29) is 73.3 Å². The second-order valence-corrected chi connectivity index (χ2v) is 19.1. The van der Waals surface area contributed by atoms with Gasteiger partial charge in [0.2, 0.25) is 17.4 Å². The van der Waals surface area contributed by atoms with Crippen molar-refractivity contribution in [2.75, 3.05) is 25.0 Å². The molecule has 350 valence electrons. The first-order chi connectivity index (χ1) is 31.1. The van der Waals surface area contributed by atoms with Crippen molar-refractivity contribution in [3.05, 3.63) is 101 Å². The van der Waals surface area contributed by atoms with E-state index in [1.54, 1.807) is 41.5 Å². The molecular weight excluding hydrogens is 871 g/mol. The number of aromatic nitrogens is 2. The molecule has 0 aliphatic carbocycles. The Kier molecular flexibility index (Phi) is 15.1. The van der Waals surface area contributed by atoms with Crippen LogP contribution in [0.3, 0.4) is 0 Å². The highest BCUT2D eigenvalue weighted by atomic mass is 32.1. The van der Waals surface area contributed by atoms with Gasteiger partial charge in [0.1, 0.15) is 35.8 Å². The number of nitrogens with zero attached hydrogens (tertiary/aromatic N) is 4. The first kappa shape index (κ1) is 48.6. The van der Waals surface area contributed by atoms with Crippen LogP contribution in [0.25, 0.3) is 0 Å². The normalized spacial score (nSPS) is 16.5. The van der Waals surface area contributed by atoms with Crippen LogP contribution in [0.15, 0.2) is 83.5 Å². The minimum absolute atomic E-state index is 0.0103. The first-order valence-corrected chi connectivity index (χ1v) is 22.2. The Morgan fingerprint density at radius 2 is 1.44 bits per heavy atom. The number of rotatable bonds is 18. The molecule has 2 aromatic carbocycles. The molecule has 4 aromatic rings. The molecule has 18 nitrogen and oxygen atoms in total. The maximum atomic E-state index is 13.9. The predicted octanol–water partition coefficient (Wildman–Crippen LogP) is 5.85. The van der Waals surface area contributed by atoms with Gasteiger partial charge in [0.25, 0.3) is 5.91 Å². The van der Waals surface area contributed by atoms with Crippen LogP contribution in [0.2, 0.25) is 0 Å². The van der Waals surface area contributed by atoms with E-state index < -0.39 is 58.4 Å². The number of hydrogen-bond donors (Lipinski definition) is 3. The summed E-state index contributed by atoms with van der Waals surface area (Å²) in [5.74, 6) is -3.18. The highest BCUT2D eigenvalue weighted by molar-refractivity contribution is 7.14. The molecule has 4 amide bonds. The Balaban J connectivity index is 1.06. The van der Waals surface area contributed by atoms with Crippen LogP contribution in [0.5, 0.6) is 11.5 Å². The number of ketones is 1. The van der Waals surface area contributed by atoms with Gasteiger partial charge in [-0.15, -0.1) is 11.3 Å². The summed E-state index contributed by atoms with van der Waals surface area (Å²) in [5.41, 5.74) is -1.53. The monoisotopic (exact) mass is 925 g/mol. The van der Waals surface area contributed by atoms with E-state index in [1.165, 1.54) is 36.4 Å². The molecule has 2 atom stereocenters. The van der Waals surface area contributed by atoms with Crippen molar-refractivity contribution in [1.82, 2.24) is 25.5 Å². The summed E-state index contributed by atoms with van der Waals surface area (Å²) in [4.78, 5) is 94.7. The number of hydrogen-bond acceptors (Lipinski definition) is 15. The average Bonchev–Trinajstić information content (AvgIpc) is 3.69. The number of amides is 4. The van der Waals surface area contributed by atoms with Gasteiger partial charge in [-0.1, -0.05) is 65.8 Å². The molecule has 4 heterocycles. The SMILES string of the molecule is CC(C)(C)OC(=O)Nc1nc(/C(=N/OC(C)(C)C(=O)OC(C)(C)C)C(=O)C[C@@H]2C(=O)N[C@@H]2CNC(=O)C2CN(C(=O)c3cc(OCc4ccccc4)c(OCc4ccccc4)cn3)C2)cs1. The number of nitrogens with one attached hydrogen (secondary N) is 3. The highest BCUT2D eigenvalue weighted by Gasteiger charge is 2.43. The molecule has 2 aliphatic rings. The Labute approximate surface area is 386 Å². The Hall–Kier alpha value is -6.89. The zero-order chi connectivity index (χ0) is 47.8. The predicted molar refractivity (Wildman–Crippen MR) is 243 cm³/mol. The van der Waals surface area contributed by atoms with Gasteiger partial charge in [-0.25, -0.2) is 19.6 Å². The number of anilines is 1. The third-order valence-electron chi connectivity index (χ3n) is 9.99. The second-order valence-electron chi connectivity index (χ2n) is 18.3. The summed E-state index contributed by atoms with van der Waals surface area (Å²) in [6.45, 7) is 13.8. The molecule has 0 bridgehead atoms. The Bertz CT molecular complexity index is 2440. The van der Waals surface area contributed by atoms with Crippen LogP contribution in [0.4, 0.5) is 9.93 Å². The zero-order valence-electron chi connectivity index (χ0n) is 38.2. The molecule has 0 saturated carbocycles. The number of β-lactam (4-membered cyclic amide) rings is 1. The number of Topliss-reactive ketones (excluding diaryl/α,β-unsaturated/α-hetero) is 1. The molecule has 2 saturated heterocycles. The summed E-state index contributed by atoms with van der Waals surface area (Å²) < 4.78 is 22.9. The summed E-state index contributed by atoms with van der Waals surface area (Å²) in [6.07, 6.45) is 0.345. The molecule has 66 heavy (non-hydrogen) atoms. The number of likely N-dealkylation sites (tertiary alicyclic amines) is 1. The van der Waals surface area contributed by atoms with Gasteiger partial charge in [-0.2, -0.15) is 0 Å². The van der Waals surface area contributed by atoms with Crippen LogP contribution >= 0.6 is 11.3 Å². The fourth-order valence-corrected chi connectivity index (χ4v) is 7.11. The molecule has 0 spiro atoms. The lowest BCUT2D eigenvalue weighted by Gasteiger charge is -2.40. The van der Waals surface area contributed by atoms with Gasteiger partial charge in [-0.05, 0) is 66.5 Å². The zero-order valence-corrected chi connectivity index (χ0v) is 39.0. The molecule has 2 aliphatic heterocycles. The summed E-state index contributed by atoms with van der Waals surface area (Å²) in [6, 6.07) is 20.1. The molecule has 2 fully saturated rings. The van der Waals surface area contributed by atoms with Gasteiger partial charge >= 0.3 is 12.1 Å². The molecule has 2 aromatic heterocycles. The molecule has 19 heteroatoms. The number of benzene rings is 2. The van der Waals surface area contributed by atoms with E-state index in [2.05, 4.69) is 31.1 Å². The van der Waals surface area contributed by atoms with Crippen LogP contribution < -0.4 is 25.4 Å². The lowest BCUT2D eigenvalue weighted by atomic mass is 9.84. The van der Waals surface area contributed by atoms with E-state index in [4.69, 9.17) is 23.8 Å². The molecule has 6 rings (SSSR count). The number of carbonyl (C=O) groups excluding carboxylic acids is 6. The fourth-order valence-electron chi connectivity index (χ4n) is 6.43. The summed E-state index contributed by atoms with van der Waals surface area (Å²) >= 11 is 0.993. The van der Waals surface area contributed by atoms with Crippen molar-refractivity contribution in [2.24, 2.45) is 17.0 Å². The lowest BCUT2D eigenvalue weighted by Crippen LogP contribution is -2.64. The topological polar surface area (TPSA) is 226 Å². The average molecular weight is 926 g/mol. The van der Waals surface area contributed by atoms with Crippen molar-refractivity contribution >= 4 is 57.7 Å². The number of esters is 1. The van der Waals surface area contributed by atoms with Gasteiger partial charge in [0.05, 0.1) is 24.1 Å². The van der Waals surface area contributed by atoms with Gasteiger partial charge in [0, 0.05) is 37.5 Å². The molecular formula is C47H55N7O11S. The van der Waals surface area contributed by atoms with Crippen molar-refractivity contribution in [2.45, 2.75) is 97.9 Å². The standard InChI is InChI=1S/C47H55N7O11S/c1-45(2,3)63-42(59)47(7,8)65-53-38(34-27-66-43(51-34)52-44(60)64-46(4,5)6)35(55)19-31-33(50-40(31)57)21-49-39(56)30-23-54(24-30)41(58)32-20-36(61-25-28-15-11-9-12-16-28)37(22-48-32)62-26-29-17-13-10-14-18-29/h9-18,20,22,27,30-31,33H,19,21,23-26H2,1-8H3,(H,49,56)(H,50,57)(H,51,52,60)/b53-38-/t31-,33+/m0/s1. The number of pyridine rings is 1. The quantitative estimate of drug-likeness (QED) is 0.0462. The van der Waals surface area contributed by atoms with E-state index >= 15 is 0 Å². The van der Waals surface area contributed by atoms with Crippen molar-refractivity contribution in [3.8, 4) is 11.5 Å². The molecule has 3 N–H and O–H groups in total. The maximum absolute atomic E-state index is 13.9. The molecule has 0 unspecified atom stereocenters. The van der Waals surface area contributed by atoms with Crippen LogP contribution in [0, 0.1) is 11.8 Å². The van der Waals surface area contributed by atoms with Gasteiger partial charge in [0.15, 0.2) is 28.1 Å². The van der Waals surface area contributed by atoms with E-state index in [1.807, 2.05) is 60.7 Å². The number of carbonyl (C=O) groups is 6. The van der Waals surface area contributed by atoms with Crippen molar-refractivity contribution in [1.29, 1.82) is 0 Å². The fraction of sp³-hybridized carbons (Fsp3) is 0.426. The van der Waals surface area contributed by atoms with Crippen molar-refractivity contribution < 1.29 is 52.6 Å². The van der Waals surface area contributed by atoms with Gasteiger partial charge < -0.3 is 39.3 Å². The highest BCUT2D eigenvalue weighted by Crippen LogP contribution is 2.31. The molecule has 0 radical (unpaired) electrons. The maximum Gasteiger partial charge on any atom is 0.413 e. The largest absolute Gasteiger partial charge is 0.485 e. The minimum Gasteiger partial charge on any atom is -0.485 e. The third kappa shape index (κ3) is 13.3. The van der Waals surface area contributed by atoms with Gasteiger partial charge in [-0.3, -0.25) is 24.5 Å². The van der Waals surface area contributed by atoms with Crippen LogP contribution in [-0.2, 0) is 46.7 Å². The minimum atomic E-state index is -1.63.